The van der Waals surface area contributed by atoms with Crippen molar-refractivity contribution in [2.24, 2.45) is 0 Å². The summed E-state index contributed by atoms with van der Waals surface area (Å²) in [6.07, 6.45) is 0. The van der Waals surface area contributed by atoms with Gasteiger partial charge in [0.05, 0.1) is 4.32 Å². The van der Waals surface area contributed by atoms with Crippen molar-refractivity contribution in [3.05, 3.63) is 0 Å². The van der Waals surface area contributed by atoms with Crippen LogP contribution in [0, 0.1) is 0 Å². The molecule has 0 aromatic heterocycles. The van der Waals surface area contributed by atoms with Gasteiger partial charge in [0.15, 0.2) is 0 Å². The van der Waals surface area contributed by atoms with Crippen molar-refractivity contribution < 1.29 is 0 Å². The second kappa shape index (κ2) is 3.31. The quantitative estimate of drug-likeness (QED) is 0.503. The SMILES string of the molecule is CN1CSC(P)SC1. The molecule has 1 atom stereocenters. The molecule has 1 unspecified atom stereocenters. The molecule has 1 aliphatic heterocycles. The third-order valence-corrected chi connectivity index (χ3v) is 4.73. The molecule has 0 amide bonds. The Hall–Kier alpha value is 1.09. The first kappa shape index (κ1) is 7.20. The molecule has 1 fully saturated rings. The van der Waals surface area contributed by atoms with Gasteiger partial charge in [-0.2, -0.15) is 0 Å². The fourth-order valence-electron chi connectivity index (χ4n) is 0.487. The van der Waals surface area contributed by atoms with E-state index in [0.29, 0.717) is 0 Å². The lowest BCUT2D eigenvalue weighted by molar-refractivity contribution is 0.464. The number of hydrogen-bond acceptors (Lipinski definition) is 3. The minimum absolute atomic E-state index is 0.728. The number of nitrogens with zero attached hydrogens (tertiary/aromatic N) is 1. The van der Waals surface area contributed by atoms with E-state index < -0.39 is 0 Å². The highest BCUT2D eigenvalue weighted by molar-refractivity contribution is 8.21. The lowest BCUT2D eigenvalue weighted by Gasteiger charge is -2.24. The Morgan fingerprint density at radius 1 is 1.50 bits per heavy atom. The van der Waals surface area contributed by atoms with Crippen LogP contribution in [0.15, 0.2) is 0 Å². The van der Waals surface area contributed by atoms with Gasteiger partial charge in [-0.15, -0.1) is 32.8 Å². The molecular formula is C4H10NPS2. The maximum atomic E-state index is 2.82. The van der Waals surface area contributed by atoms with Crippen molar-refractivity contribution in [2.75, 3.05) is 18.8 Å². The van der Waals surface area contributed by atoms with Crippen LogP contribution >= 0.6 is 32.8 Å². The Kier molecular flexibility index (Phi) is 2.98. The smallest absolute Gasteiger partial charge is 0.0664 e. The summed E-state index contributed by atoms with van der Waals surface area (Å²) in [6.45, 7) is 0. The van der Waals surface area contributed by atoms with Gasteiger partial charge in [0.25, 0.3) is 0 Å². The summed E-state index contributed by atoms with van der Waals surface area (Å²) in [7, 11) is 4.97. The van der Waals surface area contributed by atoms with Crippen LogP contribution in [0.1, 0.15) is 0 Å². The van der Waals surface area contributed by atoms with Crippen LogP contribution < -0.4 is 0 Å². The van der Waals surface area contributed by atoms with Crippen LogP contribution in [0.4, 0.5) is 0 Å². The van der Waals surface area contributed by atoms with Crippen LogP contribution in [0.2, 0.25) is 0 Å². The summed E-state index contributed by atoms with van der Waals surface area (Å²) in [5.74, 6) is 2.36. The van der Waals surface area contributed by atoms with Gasteiger partial charge in [-0.25, -0.2) is 0 Å². The van der Waals surface area contributed by atoms with Crippen molar-refractivity contribution in [2.45, 2.75) is 4.32 Å². The molecular weight excluding hydrogens is 157 g/mol. The monoisotopic (exact) mass is 167 g/mol. The maximum Gasteiger partial charge on any atom is 0.0664 e. The number of hydrogen-bond donors (Lipinski definition) is 0. The van der Waals surface area contributed by atoms with E-state index in [-0.39, 0.29) is 0 Å². The molecule has 1 heterocycles. The normalized spacial score (nSPS) is 26.2. The summed E-state index contributed by atoms with van der Waals surface area (Å²) in [5.41, 5.74) is 0. The summed E-state index contributed by atoms with van der Waals surface area (Å²) < 4.78 is 0.728. The first-order chi connectivity index (χ1) is 3.79. The highest BCUT2D eigenvalue weighted by Gasteiger charge is 2.11. The standard InChI is InChI=1S/C4H10NPS2/c1-5-2-7-4(6)8-3-5/h4H,2-3,6H2,1H3. The van der Waals surface area contributed by atoms with E-state index in [0.717, 1.165) is 4.32 Å². The first-order valence-electron chi connectivity index (χ1n) is 2.46. The van der Waals surface area contributed by atoms with Gasteiger partial charge in [-0.3, -0.25) is 4.90 Å². The fraction of sp³-hybridized carbons (Fsp3) is 1.00. The topological polar surface area (TPSA) is 3.24 Å². The molecule has 0 spiro atoms. The van der Waals surface area contributed by atoms with Crippen molar-refractivity contribution >= 4 is 32.8 Å². The Morgan fingerprint density at radius 2 is 2.00 bits per heavy atom. The van der Waals surface area contributed by atoms with E-state index in [1.165, 1.54) is 11.8 Å². The van der Waals surface area contributed by atoms with Gasteiger partial charge >= 0.3 is 0 Å². The minimum atomic E-state index is 0.728. The maximum absolute atomic E-state index is 2.82. The molecule has 1 rings (SSSR count). The Bertz CT molecular complexity index is 62.4. The predicted octanol–water partition coefficient (Wildman–Crippen LogP) is 1.47. The Morgan fingerprint density at radius 3 is 2.38 bits per heavy atom. The average Bonchev–Trinajstić information content (AvgIpc) is 1.77. The van der Waals surface area contributed by atoms with E-state index in [4.69, 9.17) is 0 Å². The highest BCUT2D eigenvalue weighted by atomic mass is 32.2. The average molecular weight is 167 g/mol. The molecule has 0 bridgehead atoms. The zero-order valence-corrected chi connectivity index (χ0v) is 7.62. The number of thioether (sulfide) groups is 2. The fourth-order valence-corrected chi connectivity index (χ4v) is 2.85. The molecule has 0 aromatic rings. The van der Waals surface area contributed by atoms with E-state index in [1.807, 2.05) is 23.5 Å². The van der Waals surface area contributed by atoms with Crippen molar-refractivity contribution in [1.82, 2.24) is 4.90 Å². The predicted molar refractivity (Wildman–Crippen MR) is 46.2 cm³/mol. The van der Waals surface area contributed by atoms with Gasteiger partial charge in [-0.05, 0) is 7.05 Å². The summed E-state index contributed by atoms with van der Waals surface area (Å²) in [6, 6.07) is 0. The summed E-state index contributed by atoms with van der Waals surface area (Å²) in [4.78, 5) is 2.32. The van der Waals surface area contributed by atoms with Crippen molar-refractivity contribution in [1.29, 1.82) is 0 Å². The first-order valence-corrected chi connectivity index (χ1v) is 5.23. The third-order valence-electron chi connectivity index (χ3n) is 0.918. The zero-order chi connectivity index (χ0) is 5.98. The number of rotatable bonds is 0. The van der Waals surface area contributed by atoms with Gasteiger partial charge in [-0.1, -0.05) is 0 Å². The van der Waals surface area contributed by atoms with E-state index in [9.17, 15) is 0 Å². The Labute approximate surface area is 61.2 Å². The zero-order valence-electron chi connectivity index (χ0n) is 4.83. The van der Waals surface area contributed by atoms with Gasteiger partial charge in [0.1, 0.15) is 0 Å². The second-order valence-corrected chi connectivity index (χ2v) is 5.95. The largest absolute Gasteiger partial charge is 0.288 e. The summed E-state index contributed by atoms with van der Waals surface area (Å²) >= 11 is 3.96. The molecule has 1 saturated heterocycles. The van der Waals surface area contributed by atoms with E-state index >= 15 is 0 Å². The molecule has 1 nitrogen and oxygen atoms in total. The van der Waals surface area contributed by atoms with E-state index in [1.54, 1.807) is 0 Å². The van der Waals surface area contributed by atoms with Crippen LogP contribution in [-0.4, -0.2) is 28.0 Å². The molecule has 8 heavy (non-hydrogen) atoms. The van der Waals surface area contributed by atoms with Gasteiger partial charge < -0.3 is 0 Å². The van der Waals surface area contributed by atoms with Crippen LogP contribution in [0.3, 0.4) is 0 Å². The second-order valence-electron chi connectivity index (χ2n) is 1.82. The van der Waals surface area contributed by atoms with Crippen LogP contribution in [-0.2, 0) is 0 Å². The molecule has 0 N–H and O–H groups in total. The van der Waals surface area contributed by atoms with Gasteiger partial charge in [0, 0.05) is 11.8 Å². The molecule has 0 aromatic carbocycles. The lowest BCUT2D eigenvalue weighted by atomic mass is 11.0. The van der Waals surface area contributed by atoms with Gasteiger partial charge in [0.2, 0.25) is 0 Å². The molecule has 0 saturated carbocycles. The highest BCUT2D eigenvalue weighted by Crippen LogP contribution is 2.34. The molecule has 48 valence electrons. The van der Waals surface area contributed by atoms with Crippen molar-refractivity contribution in [3.8, 4) is 0 Å². The van der Waals surface area contributed by atoms with Crippen molar-refractivity contribution in [3.63, 3.8) is 0 Å². The molecule has 4 heteroatoms. The van der Waals surface area contributed by atoms with Crippen LogP contribution in [0.25, 0.3) is 0 Å². The molecule has 1 aliphatic rings. The molecule has 0 radical (unpaired) electrons. The third kappa shape index (κ3) is 2.14. The molecule has 0 aliphatic carbocycles. The van der Waals surface area contributed by atoms with E-state index in [2.05, 4.69) is 21.2 Å². The summed E-state index contributed by atoms with van der Waals surface area (Å²) in [5, 5.41) is 0. The minimum Gasteiger partial charge on any atom is -0.288 e. The van der Waals surface area contributed by atoms with Crippen LogP contribution in [0.5, 0.6) is 0 Å². The Balaban J connectivity index is 2.19. The lowest BCUT2D eigenvalue weighted by Crippen LogP contribution is -2.22.